The van der Waals surface area contributed by atoms with E-state index in [1.165, 1.54) is 21.5 Å². The number of nitrogens with zero attached hydrogens (tertiary/aromatic N) is 4. The molecule has 0 saturated carbocycles. The van der Waals surface area contributed by atoms with E-state index in [2.05, 4.69) is 15.3 Å². The summed E-state index contributed by atoms with van der Waals surface area (Å²) in [6, 6.07) is 8.21. The third-order valence-electron chi connectivity index (χ3n) is 5.59. The van der Waals surface area contributed by atoms with Crippen LogP contribution in [-0.4, -0.2) is 41.9 Å². The molecule has 1 aliphatic rings. The molecule has 1 fully saturated rings. The zero-order valence-electron chi connectivity index (χ0n) is 18.1. The van der Waals surface area contributed by atoms with Crippen LogP contribution in [0.5, 0.6) is 5.75 Å². The van der Waals surface area contributed by atoms with Crippen molar-refractivity contribution in [1.29, 1.82) is 0 Å². The second-order valence-corrected chi connectivity index (χ2v) is 8.09. The van der Waals surface area contributed by atoms with E-state index in [1.54, 1.807) is 37.4 Å². The number of hydrogen-bond acceptors (Lipinski definition) is 9. The Labute approximate surface area is 191 Å². The minimum Gasteiger partial charge on any atom is -0.487 e. The second-order valence-electron chi connectivity index (χ2n) is 8.09. The van der Waals surface area contributed by atoms with Gasteiger partial charge in [-0.1, -0.05) is 5.21 Å². The number of hydrogen-bond donors (Lipinski definition) is 2. The molecule has 3 atom stereocenters. The molecule has 3 aromatic heterocycles. The quantitative estimate of drug-likeness (QED) is 0.385. The van der Waals surface area contributed by atoms with Crippen LogP contribution in [0.3, 0.4) is 0 Å². The average Bonchev–Trinajstić information content (AvgIpc) is 3.41. The Balaban J connectivity index is 1.22. The predicted octanol–water partition coefficient (Wildman–Crippen LogP) is 0.471. The molecule has 0 spiro atoms. The van der Waals surface area contributed by atoms with E-state index in [1.807, 2.05) is 0 Å². The molecule has 1 aromatic carbocycles. The molecule has 0 amide bonds. The van der Waals surface area contributed by atoms with E-state index in [0.717, 1.165) is 5.39 Å². The van der Waals surface area contributed by atoms with Crippen molar-refractivity contribution in [3.8, 4) is 5.75 Å². The topological polar surface area (TPSA) is 154 Å². The van der Waals surface area contributed by atoms with Crippen LogP contribution < -0.4 is 21.6 Å². The van der Waals surface area contributed by atoms with E-state index in [0.29, 0.717) is 22.6 Å². The Morgan fingerprint density at radius 1 is 1.21 bits per heavy atom. The lowest BCUT2D eigenvalue weighted by Gasteiger charge is -2.16. The van der Waals surface area contributed by atoms with E-state index >= 15 is 0 Å². The standard InChI is InChI=1S/C22H21N5O7/c1-12-8-27(22(31)23-21(12)30)19-7-16(28)18(33-19)10-26-9-14(24-25-26)11-32-15-4-2-13-3-5-20(29)34-17(13)6-15/h2-6,8-9,16,18-19,28H,7,10-11H2,1H3,(H,23,30,31)/t16-,18+,19+/m0/s1. The number of nitrogens with one attached hydrogen (secondary N) is 1. The maximum absolute atomic E-state index is 12.1. The molecule has 12 nitrogen and oxygen atoms in total. The van der Waals surface area contributed by atoms with Gasteiger partial charge in [-0.2, -0.15) is 0 Å². The molecule has 176 valence electrons. The van der Waals surface area contributed by atoms with E-state index in [4.69, 9.17) is 13.9 Å². The van der Waals surface area contributed by atoms with Gasteiger partial charge in [0.1, 0.15) is 36.0 Å². The van der Waals surface area contributed by atoms with Gasteiger partial charge in [0.2, 0.25) is 0 Å². The first kappa shape index (κ1) is 21.8. The Kier molecular flexibility index (Phi) is 5.59. The highest BCUT2D eigenvalue weighted by Crippen LogP contribution is 2.28. The lowest BCUT2D eigenvalue weighted by atomic mass is 10.2. The summed E-state index contributed by atoms with van der Waals surface area (Å²) in [7, 11) is 0. The zero-order valence-corrected chi connectivity index (χ0v) is 18.1. The van der Waals surface area contributed by atoms with Crippen LogP contribution in [0.4, 0.5) is 0 Å². The first-order chi connectivity index (χ1) is 16.4. The summed E-state index contributed by atoms with van der Waals surface area (Å²) in [6.07, 6.45) is 1.12. The SMILES string of the molecule is Cc1cn([C@H]2C[C@H](O)[C@@H](Cn3cc(COc4ccc5ccc(=O)oc5c4)nn3)O2)c(=O)[nH]c1=O. The average molecular weight is 467 g/mol. The van der Waals surface area contributed by atoms with Gasteiger partial charge in [-0.15, -0.1) is 5.10 Å². The molecule has 2 N–H and O–H groups in total. The number of H-pyrrole nitrogens is 1. The molecular formula is C22H21N5O7. The number of ether oxygens (including phenoxy) is 2. The molecule has 0 radical (unpaired) electrons. The molecule has 34 heavy (non-hydrogen) atoms. The number of aliphatic hydroxyl groups is 1. The second kappa shape index (κ2) is 8.72. The Hall–Kier alpha value is -4.03. The minimum absolute atomic E-state index is 0.130. The highest BCUT2D eigenvalue weighted by Gasteiger charge is 2.36. The third kappa shape index (κ3) is 4.40. The van der Waals surface area contributed by atoms with Gasteiger partial charge >= 0.3 is 11.3 Å². The van der Waals surface area contributed by atoms with Gasteiger partial charge in [-0.25, -0.2) is 14.3 Å². The van der Waals surface area contributed by atoms with Crippen LogP contribution in [0.2, 0.25) is 0 Å². The number of rotatable bonds is 6. The molecule has 1 aliphatic heterocycles. The van der Waals surface area contributed by atoms with E-state index in [-0.39, 0.29) is 19.6 Å². The van der Waals surface area contributed by atoms with Crippen molar-refractivity contribution >= 4 is 11.0 Å². The van der Waals surface area contributed by atoms with Crippen LogP contribution in [0.25, 0.3) is 11.0 Å². The summed E-state index contributed by atoms with van der Waals surface area (Å²) in [5, 5.41) is 19.3. The lowest BCUT2D eigenvalue weighted by molar-refractivity contribution is -0.0302. The lowest BCUT2D eigenvalue weighted by Crippen LogP contribution is -2.33. The molecule has 5 rings (SSSR count). The molecule has 0 aliphatic carbocycles. The summed E-state index contributed by atoms with van der Waals surface area (Å²) in [5.41, 5.74) is -0.149. The fourth-order valence-corrected chi connectivity index (χ4v) is 3.82. The smallest absolute Gasteiger partial charge is 0.336 e. The van der Waals surface area contributed by atoms with Gasteiger partial charge in [-0.3, -0.25) is 14.3 Å². The van der Waals surface area contributed by atoms with Crippen molar-refractivity contribution in [2.24, 2.45) is 0 Å². The monoisotopic (exact) mass is 467 g/mol. The van der Waals surface area contributed by atoms with Crippen LogP contribution in [-0.2, 0) is 17.9 Å². The van der Waals surface area contributed by atoms with E-state index in [9.17, 15) is 19.5 Å². The summed E-state index contributed by atoms with van der Waals surface area (Å²) in [5.74, 6) is 0.510. The molecule has 4 heterocycles. The minimum atomic E-state index is -0.833. The Morgan fingerprint density at radius 3 is 2.88 bits per heavy atom. The number of aliphatic hydroxyl groups excluding tert-OH is 1. The summed E-state index contributed by atoms with van der Waals surface area (Å²) in [6.45, 7) is 1.93. The van der Waals surface area contributed by atoms with Gasteiger partial charge in [0.25, 0.3) is 5.56 Å². The summed E-state index contributed by atoms with van der Waals surface area (Å²) in [4.78, 5) is 37.3. The van der Waals surface area contributed by atoms with Crippen LogP contribution in [0.1, 0.15) is 23.9 Å². The molecule has 1 saturated heterocycles. The number of fused-ring (bicyclic) bond motifs is 1. The van der Waals surface area contributed by atoms with Gasteiger partial charge in [0, 0.05) is 35.7 Å². The first-order valence-corrected chi connectivity index (χ1v) is 10.6. The highest BCUT2D eigenvalue weighted by atomic mass is 16.5. The van der Waals surface area contributed by atoms with Gasteiger partial charge < -0.3 is 19.0 Å². The normalized spacial score (nSPS) is 20.1. The number of aromatic nitrogens is 5. The number of benzene rings is 1. The fourth-order valence-electron chi connectivity index (χ4n) is 3.82. The van der Waals surface area contributed by atoms with Crippen LogP contribution in [0, 0.1) is 6.92 Å². The van der Waals surface area contributed by atoms with Gasteiger partial charge in [0.05, 0.1) is 18.8 Å². The van der Waals surface area contributed by atoms with Gasteiger partial charge in [0.15, 0.2) is 0 Å². The largest absolute Gasteiger partial charge is 0.487 e. The highest BCUT2D eigenvalue weighted by molar-refractivity contribution is 5.77. The first-order valence-electron chi connectivity index (χ1n) is 10.6. The Bertz CT molecular complexity index is 1520. The molecule has 0 unspecified atom stereocenters. The Morgan fingerprint density at radius 2 is 2.03 bits per heavy atom. The van der Waals surface area contributed by atoms with Crippen molar-refractivity contribution < 1.29 is 19.0 Å². The predicted molar refractivity (Wildman–Crippen MR) is 117 cm³/mol. The number of aromatic amines is 1. The number of aryl methyl sites for hydroxylation is 1. The van der Waals surface area contributed by atoms with Gasteiger partial charge in [-0.05, 0) is 25.1 Å². The van der Waals surface area contributed by atoms with Crippen LogP contribution >= 0.6 is 0 Å². The maximum Gasteiger partial charge on any atom is 0.336 e. The summed E-state index contributed by atoms with van der Waals surface area (Å²) >= 11 is 0. The molecular weight excluding hydrogens is 446 g/mol. The summed E-state index contributed by atoms with van der Waals surface area (Å²) < 4.78 is 19.5. The zero-order chi connectivity index (χ0) is 23.8. The van der Waals surface area contributed by atoms with Crippen molar-refractivity contribution in [2.75, 3.05) is 0 Å². The van der Waals surface area contributed by atoms with Crippen molar-refractivity contribution in [3.05, 3.63) is 85.2 Å². The van der Waals surface area contributed by atoms with Crippen molar-refractivity contribution in [1.82, 2.24) is 24.5 Å². The van der Waals surface area contributed by atoms with Crippen molar-refractivity contribution in [3.63, 3.8) is 0 Å². The fraction of sp³-hybridized carbons (Fsp3) is 0.318. The van der Waals surface area contributed by atoms with Crippen LogP contribution in [0.15, 0.2) is 61.5 Å². The van der Waals surface area contributed by atoms with E-state index < -0.39 is 35.3 Å². The maximum atomic E-state index is 12.1. The molecule has 12 heteroatoms. The molecule has 0 bridgehead atoms. The molecule has 4 aromatic rings. The third-order valence-corrected chi connectivity index (χ3v) is 5.59. The van der Waals surface area contributed by atoms with Crippen molar-refractivity contribution in [2.45, 2.75) is 44.9 Å².